The first-order valence-corrected chi connectivity index (χ1v) is 7.56. The molecular formula is C20H26. The average molecular weight is 266 g/mol. The van der Waals surface area contributed by atoms with E-state index in [0.717, 1.165) is 0 Å². The van der Waals surface area contributed by atoms with Crippen molar-refractivity contribution in [3.8, 4) is 0 Å². The van der Waals surface area contributed by atoms with Crippen LogP contribution in [0, 0.1) is 19.8 Å². The molecule has 0 radical (unpaired) electrons. The topological polar surface area (TPSA) is 0 Å². The van der Waals surface area contributed by atoms with Crippen LogP contribution in [0.25, 0.3) is 0 Å². The van der Waals surface area contributed by atoms with Gasteiger partial charge in [-0.15, -0.1) is 0 Å². The Morgan fingerprint density at radius 1 is 0.750 bits per heavy atom. The Morgan fingerprint density at radius 2 is 1.10 bits per heavy atom. The van der Waals surface area contributed by atoms with E-state index in [4.69, 9.17) is 0 Å². The molecule has 0 aliphatic heterocycles. The maximum Gasteiger partial charge on any atom is 0.0177 e. The third-order valence-electron chi connectivity index (χ3n) is 4.19. The maximum absolute atomic E-state index is 2.38. The highest BCUT2D eigenvalue weighted by Crippen LogP contribution is 2.38. The molecule has 0 atom stereocenters. The molecule has 0 saturated heterocycles. The zero-order chi connectivity index (χ0) is 14.8. The van der Waals surface area contributed by atoms with Crippen LogP contribution in [0.5, 0.6) is 0 Å². The minimum absolute atomic E-state index is 0.0928. The summed E-state index contributed by atoms with van der Waals surface area (Å²) in [7, 11) is 0. The summed E-state index contributed by atoms with van der Waals surface area (Å²) in [5.41, 5.74) is 5.57. The van der Waals surface area contributed by atoms with E-state index in [1.165, 1.54) is 28.7 Å². The standard InChI is InChI=1S/C20H26/c1-15(2)14-20(5,18-10-6-16(3)7-11-18)19-12-8-17(4)9-13-19/h6-13,15H,14H2,1-5H3. The van der Waals surface area contributed by atoms with E-state index in [-0.39, 0.29) is 5.41 Å². The van der Waals surface area contributed by atoms with Gasteiger partial charge in [-0.1, -0.05) is 80.4 Å². The van der Waals surface area contributed by atoms with Gasteiger partial charge in [-0.25, -0.2) is 0 Å². The number of hydrogen-bond acceptors (Lipinski definition) is 0. The van der Waals surface area contributed by atoms with E-state index in [2.05, 4.69) is 83.1 Å². The van der Waals surface area contributed by atoms with E-state index in [1.54, 1.807) is 0 Å². The minimum Gasteiger partial charge on any atom is -0.0627 e. The first kappa shape index (κ1) is 14.8. The van der Waals surface area contributed by atoms with Gasteiger partial charge in [0, 0.05) is 5.41 Å². The highest BCUT2D eigenvalue weighted by atomic mass is 14.3. The molecule has 0 unspecified atom stereocenters. The van der Waals surface area contributed by atoms with Gasteiger partial charge in [-0.05, 0) is 37.3 Å². The third kappa shape index (κ3) is 3.12. The summed E-state index contributed by atoms with van der Waals surface area (Å²) in [6.07, 6.45) is 1.17. The molecule has 20 heavy (non-hydrogen) atoms. The van der Waals surface area contributed by atoms with E-state index >= 15 is 0 Å². The molecular weight excluding hydrogens is 240 g/mol. The predicted octanol–water partition coefficient (Wildman–Crippen LogP) is 5.66. The molecule has 0 saturated carbocycles. The van der Waals surface area contributed by atoms with Crippen molar-refractivity contribution in [2.75, 3.05) is 0 Å². The zero-order valence-corrected chi connectivity index (χ0v) is 13.4. The van der Waals surface area contributed by atoms with Crippen LogP contribution in [0.15, 0.2) is 48.5 Å². The van der Waals surface area contributed by atoms with Crippen molar-refractivity contribution in [3.63, 3.8) is 0 Å². The van der Waals surface area contributed by atoms with Crippen molar-refractivity contribution in [3.05, 3.63) is 70.8 Å². The first-order valence-electron chi connectivity index (χ1n) is 7.56. The molecule has 0 N–H and O–H groups in total. The minimum atomic E-state index is 0.0928. The molecule has 0 bridgehead atoms. The fourth-order valence-electron chi connectivity index (χ4n) is 3.06. The Kier molecular flexibility index (Phi) is 4.32. The predicted molar refractivity (Wildman–Crippen MR) is 88.3 cm³/mol. The Bertz CT molecular complexity index is 498. The first-order chi connectivity index (χ1) is 9.41. The van der Waals surface area contributed by atoms with Crippen molar-refractivity contribution in [1.82, 2.24) is 0 Å². The highest BCUT2D eigenvalue weighted by Gasteiger charge is 2.29. The van der Waals surface area contributed by atoms with Gasteiger partial charge >= 0.3 is 0 Å². The Hall–Kier alpha value is -1.56. The van der Waals surface area contributed by atoms with Gasteiger partial charge in [0.1, 0.15) is 0 Å². The van der Waals surface area contributed by atoms with E-state index in [9.17, 15) is 0 Å². The second-order valence-electron chi connectivity index (χ2n) is 6.66. The molecule has 2 rings (SSSR count). The zero-order valence-electron chi connectivity index (χ0n) is 13.4. The molecule has 2 aromatic carbocycles. The van der Waals surface area contributed by atoms with Crippen molar-refractivity contribution in [1.29, 1.82) is 0 Å². The van der Waals surface area contributed by atoms with Crippen LogP contribution < -0.4 is 0 Å². The Balaban J connectivity index is 2.49. The summed E-state index contributed by atoms with van der Waals surface area (Å²) in [6.45, 7) is 11.3. The largest absolute Gasteiger partial charge is 0.0627 e. The molecule has 0 heterocycles. The summed E-state index contributed by atoms with van der Waals surface area (Å²) in [4.78, 5) is 0. The highest BCUT2D eigenvalue weighted by molar-refractivity contribution is 5.40. The van der Waals surface area contributed by atoms with Crippen LogP contribution in [-0.2, 0) is 5.41 Å². The van der Waals surface area contributed by atoms with E-state index in [0.29, 0.717) is 5.92 Å². The third-order valence-corrected chi connectivity index (χ3v) is 4.19. The quantitative estimate of drug-likeness (QED) is 0.670. The van der Waals surface area contributed by atoms with Crippen LogP contribution in [-0.4, -0.2) is 0 Å². The fourth-order valence-corrected chi connectivity index (χ4v) is 3.06. The number of hydrogen-bond donors (Lipinski definition) is 0. The van der Waals surface area contributed by atoms with Gasteiger partial charge in [-0.2, -0.15) is 0 Å². The molecule has 106 valence electrons. The lowest BCUT2D eigenvalue weighted by atomic mass is 9.71. The SMILES string of the molecule is Cc1ccc(C(C)(CC(C)C)c2ccc(C)cc2)cc1. The lowest BCUT2D eigenvalue weighted by molar-refractivity contribution is 0.427. The molecule has 0 aliphatic carbocycles. The summed E-state index contributed by atoms with van der Waals surface area (Å²) < 4.78 is 0. The fraction of sp³-hybridized carbons (Fsp3) is 0.400. The Morgan fingerprint density at radius 3 is 1.40 bits per heavy atom. The summed E-state index contributed by atoms with van der Waals surface area (Å²) in [5, 5.41) is 0. The molecule has 0 heteroatoms. The number of benzene rings is 2. The normalized spacial score (nSPS) is 11.9. The smallest absolute Gasteiger partial charge is 0.0177 e. The molecule has 0 nitrogen and oxygen atoms in total. The van der Waals surface area contributed by atoms with Crippen LogP contribution in [0.3, 0.4) is 0 Å². The lowest BCUT2D eigenvalue weighted by Crippen LogP contribution is -2.25. The molecule has 0 aliphatic rings. The van der Waals surface area contributed by atoms with Crippen LogP contribution in [0.1, 0.15) is 49.4 Å². The summed E-state index contributed by atoms with van der Waals surface area (Å²) in [5.74, 6) is 0.669. The van der Waals surface area contributed by atoms with Crippen molar-refractivity contribution in [2.24, 2.45) is 5.92 Å². The second kappa shape index (κ2) is 5.83. The maximum atomic E-state index is 2.38. The summed E-state index contributed by atoms with van der Waals surface area (Å²) in [6, 6.07) is 18.1. The van der Waals surface area contributed by atoms with Gasteiger partial charge in [0.05, 0.1) is 0 Å². The number of rotatable bonds is 4. The summed E-state index contributed by atoms with van der Waals surface area (Å²) >= 11 is 0. The van der Waals surface area contributed by atoms with Gasteiger partial charge < -0.3 is 0 Å². The average Bonchev–Trinajstić information content (AvgIpc) is 2.39. The van der Waals surface area contributed by atoms with Crippen molar-refractivity contribution >= 4 is 0 Å². The van der Waals surface area contributed by atoms with E-state index in [1.807, 2.05) is 0 Å². The Labute approximate surface area is 123 Å². The van der Waals surface area contributed by atoms with Gasteiger partial charge in [0.2, 0.25) is 0 Å². The van der Waals surface area contributed by atoms with Crippen molar-refractivity contribution < 1.29 is 0 Å². The monoisotopic (exact) mass is 266 g/mol. The van der Waals surface area contributed by atoms with Crippen LogP contribution in [0.4, 0.5) is 0 Å². The molecule has 0 spiro atoms. The molecule has 0 aromatic heterocycles. The van der Waals surface area contributed by atoms with Crippen LogP contribution in [0.2, 0.25) is 0 Å². The lowest BCUT2D eigenvalue weighted by Gasteiger charge is -2.33. The molecule has 0 fully saturated rings. The van der Waals surface area contributed by atoms with Gasteiger partial charge in [0.15, 0.2) is 0 Å². The van der Waals surface area contributed by atoms with Crippen LogP contribution >= 0.6 is 0 Å². The van der Waals surface area contributed by atoms with Gasteiger partial charge in [0.25, 0.3) is 0 Å². The van der Waals surface area contributed by atoms with E-state index < -0.39 is 0 Å². The number of aryl methyl sites for hydroxylation is 2. The van der Waals surface area contributed by atoms with Gasteiger partial charge in [-0.3, -0.25) is 0 Å². The van der Waals surface area contributed by atoms with Crippen molar-refractivity contribution in [2.45, 2.75) is 46.5 Å². The molecule has 2 aromatic rings. The second-order valence-corrected chi connectivity index (χ2v) is 6.66. The molecule has 0 amide bonds.